The van der Waals surface area contributed by atoms with Gasteiger partial charge in [0.15, 0.2) is 0 Å². The topological polar surface area (TPSA) is 74.7 Å². The second-order valence-corrected chi connectivity index (χ2v) is 13.3. The number of hydrogen-bond acceptors (Lipinski definition) is 3. The van der Waals surface area contributed by atoms with Crippen LogP contribution in [0.2, 0.25) is 0 Å². The number of hydrogen-bond donors (Lipinski definition) is 1. The van der Waals surface area contributed by atoms with E-state index >= 15 is 0 Å². The van der Waals surface area contributed by atoms with E-state index in [-0.39, 0.29) is 35.0 Å². The molecule has 5 nitrogen and oxygen atoms in total. The van der Waals surface area contributed by atoms with E-state index in [0.717, 1.165) is 61.0 Å². The van der Waals surface area contributed by atoms with Gasteiger partial charge in [-0.25, -0.2) is 0 Å². The zero-order chi connectivity index (χ0) is 28.2. The number of carbonyl (C=O) groups excluding carboxylic acids is 2. The molecule has 1 amide bonds. The zero-order valence-electron chi connectivity index (χ0n) is 23.9. The van der Waals surface area contributed by atoms with Crippen molar-refractivity contribution >= 4 is 34.6 Å². The largest absolute Gasteiger partial charge is 0.481 e. The van der Waals surface area contributed by atoms with E-state index in [4.69, 9.17) is 0 Å². The van der Waals surface area contributed by atoms with Crippen molar-refractivity contribution in [3.63, 3.8) is 0 Å². The van der Waals surface area contributed by atoms with E-state index in [9.17, 15) is 19.5 Å². The first-order chi connectivity index (χ1) is 19.1. The van der Waals surface area contributed by atoms with Crippen molar-refractivity contribution in [1.82, 2.24) is 0 Å². The average molecular weight is 540 g/mol. The van der Waals surface area contributed by atoms with Crippen LogP contribution in [0.25, 0.3) is 5.57 Å². The number of ketones is 1. The van der Waals surface area contributed by atoms with Gasteiger partial charge >= 0.3 is 5.97 Å². The Balaban J connectivity index is 1.38. The monoisotopic (exact) mass is 539 g/mol. The molecule has 4 aliphatic rings. The van der Waals surface area contributed by atoms with Crippen molar-refractivity contribution in [2.75, 3.05) is 4.90 Å². The molecule has 2 aromatic carbocycles. The highest BCUT2D eigenvalue weighted by molar-refractivity contribution is 6.35. The predicted octanol–water partition coefficient (Wildman–Crippen LogP) is 7.68. The Hall–Kier alpha value is -3.21. The van der Waals surface area contributed by atoms with E-state index < -0.39 is 5.97 Å². The number of rotatable bonds is 6. The van der Waals surface area contributed by atoms with Gasteiger partial charge in [0.05, 0.1) is 5.69 Å². The van der Waals surface area contributed by atoms with Gasteiger partial charge in [-0.15, -0.1) is 0 Å². The number of benzene rings is 2. The molecule has 0 spiro atoms. The van der Waals surface area contributed by atoms with E-state index in [1.54, 1.807) is 6.92 Å². The number of Topliss-reactive ketones (excluding diaryl/α,β-unsaturated/α-hetero) is 1. The number of carbonyl (C=O) groups is 3. The summed E-state index contributed by atoms with van der Waals surface area (Å²) in [6, 6.07) is 17.8. The SMILES string of the molecule is CC(=O)[C@H]1CC[C@H]2[C@@H]3CC[C@@H](/C=C4/C(=O)N(c5ccccc5)c5ccccc54)[C@](C)(CCC(=O)O)[C@H]3CC[C@]12C. The first-order valence-electron chi connectivity index (χ1n) is 15.1. The highest BCUT2D eigenvalue weighted by atomic mass is 16.4. The van der Waals surface area contributed by atoms with Crippen LogP contribution < -0.4 is 4.90 Å². The molecule has 0 saturated heterocycles. The highest BCUT2D eigenvalue weighted by Gasteiger charge is 2.60. The molecule has 210 valence electrons. The number of aliphatic carboxylic acids is 1. The molecule has 1 aliphatic heterocycles. The van der Waals surface area contributed by atoms with E-state index in [2.05, 4.69) is 19.9 Å². The number of nitrogens with zero attached hydrogens (tertiary/aromatic N) is 1. The van der Waals surface area contributed by atoms with Crippen LogP contribution in [0.1, 0.15) is 77.7 Å². The molecule has 2 aromatic rings. The Bertz CT molecular complexity index is 1360. The fraction of sp³-hybridized carbons (Fsp3) is 0.514. The van der Waals surface area contributed by atoms with Crippen molar-refractivity contribution in [3.05, 3.63) is 66.2 Å². The van der Waals surface area contributed by atoms with Gasteiger partial charge in [0.2, 0.25) is 0 Å². The molecule has 5 heteroatoms. The lowest BCUT2D eigenvalue weighted by atomic mass is 9.46. The van der Waals surface area contributed by atoms with Crippen molar-refractivity contribution < 1.29 is 19.5 Å². The van der Waals surface area contributed by atoms with Gasteiger partial charge < -0.3 is 5.11 Å². The minimum atomic E-state index is -0.759. The van der Waals surface area contributed by atoms with Gasteiger partial charge in [-0.05, 0) is 105 Å². The first-order valence-corrected chi connectivity index (χ1v) is 15.1. The Morgan fingerprint density at radius 2 is 1.68 bits per heavy atom. The third-order valence-corrected chi connectivity index (χ3v) is 11.6. The van der Waals surface area contributed by atoms with Gasteiger partial charge in [-0.2, -0.15) is 0 Å². The minimum Gasteiger partial charge on any atom is -0.481 e. The smallest absolute Gasteiger partial charge is 0.303 e. The maximum atomic E-state index is 14.0. The molecule has 3 saturated carbocycles. The molecule has 7 atom stereocenters. The zero-order valence-corrected chi connectivity index (χ0v) is 23.9. The molecule has 1 heterocycles. The summed E-state index contributed by atoms with van der Waals surface area (Å²) in [5, 5.41) is 9.73. The van der Waals surface area contributed by atoms with Crippen molar-refractivity contribution in [3.8, 4) is 0 Å². The predicted molar refractivity (Wildman–Crippen MR) is 157 cm³/mol. The molecule has 0 aromatic heterocycles. The van der Waals surface area contributed by atoms with Gasteiger partial charge in [0.1, 0.15) is 5.78 Å². The van der Waals surface area contributed by atoms with Crippen LogP contribution in [0.15, 0.2) is 60.7 Å². The van der Waals surface area contributed by atoms with Crippen LogP contribution in [0.5, 0.6) is 0 Å². The Labute approximate surface area is 237 Å². The first kappa shape index (κ1) is 27.0. The number of carboxylic acids is 1. The highest BCUT2D eigenvalue weighted by Crippen LogP contribution is 2.66. The second kappa shape index (κ2) is 10.0. The van der Waals surface area contributed by atoms with Gasteiger partial charge in [0, 0.05) is 29.2 Å². The molecule has 0 bridgehead atoms. The number of anilines is 2. The van der Waals surface area contributed by atoms with Crippen LogP contribution in [0.3, 0.4) is 0 Å². The summed E-state index contributed by atoms with van der Waals surface area (Å²) in [6.07, 6.45) is 9.11. The maximum absolute atomic E-state index is 14.0. The summed E-state index contributed by atoms with van der Waals surface area (Å²) in [4.78, 5) is 40.2. The average Bonchev–Trinajstić information content (AvgIpc) is 3.43. The van der Waals surface area contributed by atoms with E-state index in [1.807, 2.05) is 59.5 Å². The summed E-state index contributed by atoms with van der Waals surface area (Å²) in [5.41, 5.74) is 3.29. The van der Waals surface area contributed by atoms with Crippen molar-refractivity contribution in [1.29, 1.82) is 0 Å². The maximum Gasteiger partial charge on any atom is 0.303 e. The van der Waals surface area contributed by atoms with E-state index in [1.165, 1.54) is 0 Å². The van der Waals surface area contributed by atoms with Crippen molar-refractivity contribution in [2.45, 2.75) is 72.1 Å². The number of allylic oxidation sites excluding steroid dienone is 1. The summed E-state index contributed by atoms with van der Waals surface area (Å²) in [7, 11) is 0. The minimum absolute atomic E-state index is 0.00794. The number of fused-ring (bicyclic) bond motifs is 4. The molecule has 6 rings (SSSR count). The summed E-state index contributed by atoms with van der Waals surface area (Å²) >= 11 is 0. The molecule has 3 fully saturated rings. The molecular formula is C35H41NO4. The van der Waals surface area contributed by atoms with Crippen molar-refractivity contribution in [2.24, 2.45) is 40.4 Å². The summed E-state index contributed by atoms with van der Waals surface area (Å²) in [5.74, 6) is 1.24. The number of para-hydroxylation sites is 2. The third-order valence-electron chi connectivity index (χ3n) is 11.6. The lowest BCUT2D eigenvalue weighted by Crippen LogP contribution is -2.52. The third kappa shape index (κ3) is 4.15. The fourth-order valence-corrected chi connectivity index (χ4v) is 9.61. The normalized spacial score (nSPS) is 35.8. The standard InChI is InChI=1S/C35H41NO4/c1-22(37)28-15-16-29-26-14-13-23(34(2,20-18-32(38)39)30(26)17-19-35(28,29)3)21-27-25-11-7-8-12-31(25)36(33(27)40)24-9-5-4-6-10-24/h4-12,21,23,26,28-30H,13-20H2,1-3H3,(H,38,39)/b27-21+/t23-,26-,28+,29-,30-,34-,35+/m0/s1. The Kier molecular flexibility index (Phi) is 6.75. The van der Waals surface area contributed by atoms with Crippen LogP contribution in [-0.4, -0.2) is 22.8 Å². The molecular weight excluding hydrogens is 498 g/mol. The second-order valence-electron chi connectivity index (χ2n) is 13.3. The van der Waals surface area contributed by atoms with Crippen LogP contribution in [0, 0.1) is 40.4 Å². The van der Waals surface area contributed by atoms with Gasteiger partial charge in [-0.1, -0.05) is 56.3 Å². The molecule has 40 heavy (non-hydrogen) atoms. The summed E-state index contributed by atoms with van der Waals surface area (Å²) < 4.78 is 0. The lowest BCUT2D eigenvalue weighted by molar-refractivity contribution is -0.141. The molecule has 0 radical (unpaired) electrons. The number of carboxylic acid groups (broad SMARTS) is 1. The van der Waals surface area contributed by atoms with Crippen LogP contribution >= 0.6 is 0 Å². The van der Waals surface area contributed by atoms with E-state index in [0.29, 0.717) is 30.0 Å². The molecule has 0 unspecified atom stereocenters. The Morgan fingerprint density at radius 3 is 2.40 bits per heavy atom. The number of amides is 1. The molecule has 1 N–H and O–H groups in total. The Morgan fingerprint density at radius 1 is 0.950 bits per heavy atom. The summed E-state index contributed by atoms with van der Waals surface area (Å²) in [6.45, 7) is 6.41. The van der Waals surface area contributed by atoms with Gasteiger partial charge in [0.25, 0.3) is 5.91 Å². The quantitative estimate of drug-likeness (QED) is 0.382. The van der Waals surface area contributed by atoms with Gasteiger partial charge in [-0.3, -0.25) is 19.3 Å². The molecule has 3 aliphatic carbocycles. The lowest BCUT2D eigenvalue weighted by Gasteiger charge is -2.58. The van der Waals surface area contributed by atoms with Crippen LogP contribution in [-0.2, 0) is 14.4 Å². The van der Waals surface area contributed by atoms with Crippen LogP contribution in [0.4, 0.5) is 11.4 Å². The fourth-order valence-electron chi connectivity index (χ4n) is 9.61.